The van der Waals surface area contributed by atoms with Gasteiger partial charge in [0.1, 0.15) is 13.2 Å². The molecular weight excluding hydrogens is 805 g/mol. The predicted octanol–water partition coefficient (Wildman–Crippen LogP) is 16.9. The zero-order valence-electron chi connectivity index (χ0n) is 41.2. The summed E-state index contributed by atoms with van der Waals surface area (Å²) in [6.45, 7) is 6.25. The van der Waals surface area contributed by atoms with Gasteiger partial charge in [-0.2, -0.15) is 0 Å². The molecule has 0 radical (unpaired) electrons. The van der Waals surface area contributed by atoms with Gasteiger partial charge in [0, 0.05) is 19.3 Å². The van der Waals surface area contributed by atoms with Gasteiger partial charge in [0.05, 0.1) is 0 Å². The van der Waals surface area contributed by atoms with E-state index in [1.54, 1.807) is 0 Å². The molecule has 0 aromatic rings. The Bertz CT molecular complexity index is 1490. The number of unbranched alkanes of at least 4 members (excludes halogenated alkanes) is 18. The van der Waals surface area contributed by atoms with Gasteiger partial charge in [-0.15, -0.1) is 0 Å². The number of rotatable bonds is 43. The molecule has 6 nitrogen and oxygen atoms in total. The monoisotopic (exact) mass is 895 g/mol. The van der Waals surface area contributed by atoms with Crippen molar-refractivity contribution in [3.63, 3.8) is 0 Å². The molecule has 0 spiro atoms. The molecule has 0 saturated carbocycles. The molecule has 0 saturated heterocycles. The van der Waals surface area contributed by atoms with E-state index in [1.165, 1.54) is 64.2 Å². The first-order chi connectivity index (χ1) is 32.0. The normalized spacial score (nSPS) is 13.3. The third kappa shape index (κ3) is 50.2. The van der Waals surface area contributed by atoms with Crippen molar-refractivity contribution in [1.29, 1.82) is 0 Å². The number of allylic oxidation sites excluding steroid dienone is 24. The highest BCUT2D eigenvalue weighted by atomic mass is 16.6. The maximum Gasteiger partial charge on any atom is 0.306 e. The first-order valence-electron chi connectivity index (χ1n) is 25.5. The summed E-state index contributed by atoms with van der Waals surface area (Å²) >= 11 is 0. The van der Waals surface area contributed by atoms with Crippen molar-refractivity contribution in [2.45, 2.75) is 194 Å². The van der Waals surface area contributed by atoms with Gasteiger partial charge >= 0.3 is 17.9 Å². The van der Waals surface area contributed by atoms with Gasteiger partial charge < -0.3 is 14.2 Å². The number of carbonyl (C=O) groups excluding carboxylic acids is 3. The molecule has 0 fully saturated rings. The van der Waals surface area contributed by atoms with Crippen LogP contribution in [0, 0.1) is 0 Å². The molecule has 0 heterocycles. The van der Waals surface area contributed by atoms with Gasteiger partial charge in [0.2, 0.25) is 0 Å². The second-order valence-corrected chi connectivity index (χ2v) is 16.3. The largest absolute Gasteiger partial charge is 0.462 e. The molecule has 0 rings (SSSR count). The zero-order chi connectivity index (χ0) is 47.2. The molecule has 65 heavy (non-hydrogen) atoms. The first-order valence-corrected chi connectivity index (χ1v) is 25.5. The Morgan fingerprint density at radius 1 is 0.323 bits per heavy atom. The lowest BCUT2D eigenvalue weighted by molar-refractivity contribution is -0.167. The van der Waals surface area contributed by atoms with Crippen LogP contribution < -0.4 is 0 Å². The maximum atomic E-state index is 12.8. The van der Waals surface area contributed by atoms with Gasteiger partial charge in [-0.3, -0.25) is 14.4 Å². The lowest BCUT2D eigenvalue weighted by Gasteiger charge is -2.18. The highest BCUT2D eigenvalue weighted by Crippen LogP contribution is 2.14. The summed E-state index contributed by atoms with van der Waals surface area (Å²) < 4.78 is 16.7. The highest BCUT2D eigenvalue weighted by Gasteiger charge is 2.19. The van der Waals surface area contributed by atoms with Crippen molar-refractivity contribution in [2.24, 2.45) is 0 Å². The molecule has 0 aromatic carbocycles. The predicted molar refractivity (Wildman–Crippen MR) is 279 cm³/mol. The summed E-state index contributed by atoms with van der Waals surface area (Å²) in [5.41, 5.74) is 0. The minimum Gasteiger partial charge on any atom is -0.462 e. The number of esters is 3. The first kappa shape index (κ1) is 60.3. The molecule has 0 amide bonds. The minimum atomic E-state index is -0.824. The lowest BCUT2D eigenvalue weighted by atomic mass is 10.0. The van der Waals surface area contributed by atoms with E-state index in [9.17, 15) is 14.4 Å². The Kier molecular flexibility index (Phi) is 48.2. The third-order valence-corrected chi connectivity index (χ3v) is 10.2. The number of ether oxygens (including phenoxy) is 3. The Morgan fingerprint density at radius 3 is 0.938 bits per heavy atom. The Hall–Kier alpha value is -4.71. The van der Waals surface area contributed by atoms with Crippen LogP contribution in [0.15, 0.2) is 146 Å². The van der Waals surface area contributed by atoms with Crippen LogP contribution in [0.25, 0.3) is 0 Å². The van der Waals surface area contributed by atoms with E-state index in [0.717, 1.165) is 70.6 Å². The van der Waals surface area contributed by atoms with Crippen LogP contribution in [0.1, 0.15) is 188 Å². The van der Waals surface area contributed by atoms with Gasteiger partial charge in [0.25, 0.3) is 0 Å². The van der Waals surface area contributed by atoms with Crippen molar-refractivity contribution in [2.75, 3.05) is 13.2 Å². The van der Waals surface area contributed by atoms with Crippen LogP contribution in [0.5, 0.6) is 0 Å². The molecule has 0 aliphatic heterocycles. The van der Waals surface area contributed by atoms with Gasteiger partial charge in [-0.05, 0) is 57.8 Å². The van der Waals surface area contributed by atoms with Crippen LogP contribution in [0.4, 0.5) is 0 Å². The molecule has 0 aliphatic rings. The smallest absolute Gasteiger partial charge is 0.306 e. The van der Waals surface area contributed by atoms with E-state index >= 15 is 0 Å². The second-order valence-electron chi connectivity index (χ2n) is 16.3. The fourth-order valence-corrected chi connectivity index (χ4v) is 6.39. The fourth-order valence-electron chi connectivity index (χ4n) is 6.39. The zero-order valence-corrected chi connectivity index (χ0v) is 41.2. The van der Waals surface area contributed by atoms with Crippen molar-refractivity contribution in [3.8, 4) is 0 Å². The van der Waals surface area contributed by atoms with Gasteiger partial charge in [-0.25, -0.2) is 0 Å². The van der Waals surface area contributed by atoms with Crippen LogP contribution in [0.3, 0.4) is 0 Å². The average Bonchev–Trinajstić information content (AvgIpc) is 3.30. The molecule has 0 bridgehead atoms. The third-order valence-electron chi connectivity index (χ3n) is 10.2. The Balaban J connectivity index is 4.61. The second kappa shape index (κ2) is 51.9. The van der Waals surface area contributed by atoms with Gasteiger partial charge in [-0.1, -0.05) is 256 Å². The Labute approximate surface area is 397 Å². The molecule has 0 aromatic heterocycles. The van der Waals surface area contributed by atoms with Crippen LogP contribution in [0.2, 0.25) is 0 Å². The Morgan fingerprint density at radius 2 is 0.600 bits per heavy atom. The summed E-state index contributed by atoms with van der Waals surface area (Å²) in [6, 6.07) is 0. The van der Waals surface area contributed by atoms with E-state index in [2.05, 4.69) is 45.1 Å². The standard InChI is InChI=1S/C59H90O6/c1-4-7-10-13-16-19-22-25-27-29-31-34-37-40-43-46-49-52-58(61)64-55-56(54-63-57(60)51-48-45-42-39-36-33-24-21-18-15-12-9-6-3)65-59(62)53-50-47-44-41-38-35-32-30-28-26-23-20-17-14-11-8-5-2/h7-8,10-11,13-14,16-17,19-20,22-23,25-32,34-35,37-38,56H,4-6,9,12,15,18,21,24,33,36,39-55H2,1-3H3/b10-7-,11-8-,16-13-,17-14-,22-19-,23-20-,27-25-,28-26-,31-29+,32-30+,37-34-,38-35-. The average molecular weight is 895 g/mol. The molecule has 1 unspecified atom stereocenters. The molecule has 6 heteroatoms. The fraction of sp³-hybridized carbons (Fsp3) is 0.542. The van der Waals surface area contributed by atoms with Crippen LogP contribution in [-0.4, -0.2) is 37.2 Å². The molecular formula is C59H90O6. The van der Waals surface area contributed by atoms with Crippen molar-refractivity contribution in [3.05, 3.63) is 146 Å². The highest BCUT2D eigenvalue weighted by molar-refractivity contribution is 5.71. The SMILES string of the molecule is CC\C=C/C=C\C=C/C=C\C=C\C=C/CCCCCC(=O)OCC(COC(=O)CCCCCCCCCCCCCCC)OC(=O)CCCCC\C=C/C=C/C=C\C=C/C=C\C=C/CC. The quantitative estimate of drug-likeness (QED) is 0.0263. The van der Waals surface area contributed by atoms with Crippen molar-refractivity contribution < 1.29 is 28.6 Å². The topological polar surface area (TPSA) is 78.9 Å². The molecule has 0 N–H and O–H groups in total. The lowest BCUT2D eigenvalue weighted by Crippen LogP contribution is -2.30. The van der Waals surface area contributed by atoms with Crippen LogP contribution in [-0.2, 0) is 28.6 Å². The maximum absolute atomic E-state index is 12.8. The number of hydrogen-bond acceptors (Lipinski definition) is 6. The summed E-state index contributed by atoms with van der Waals surface area (Å²) in [4.78, 5) is 38.0. The minimum absolute atomic E-state index is 0.116. The molecule has 0 aliphatic carbocycles. The van der Waals surface area contributed by atoms with E-state index in [4.69, 9.17) is 14.2 Å². The van der Waals surface area contributed by atoms with E-state index < -0.39 is 6.10 Å². The van der Waals surface area contributed by atoms with E-state index in [1.807, 2.05) is 122 Å². The number of hydrogen-bond donors (Lipinski definition) is 0. The van der Waals surface area contributed by atoms with Crippen molar-refractivity contribution >= 4 is 17.9 Å². The number of carbonyl (C=O) groups is 3. The summed E-state index contributed by atoms with van der Waals surface area (Å²) in [5.74, 6) is -1.02. The van der Waals surface area contributed by atoms with Gasteiger partial charge in [0.15, 0.2) is 6.10 Å². The summed E-state index contributed by atoms with van der Waals surface area (Å²) in [7, 11) is 0. The summed E-state index contributed by atoms with van der Waals surface area (Å²) in [6.07, 6.45) is 73.9. The van der Waals surface area contributed by atoms with Crippen molar-refractivity contribution in [1.82, 2.24) is 0 Å². The molecule has 1 atom stereocenters. The summed E-state index contributed by atoms with van der Waals surface area (Å²) in [5, 5.41) is 0. The van der Waals surface area contributed by atoms with E-state index in [-0.39, 0.29) is 37.5 Å². The molecule has 362 valence electrons. The van der Waals surface area contributed by atoms with E-state index in [0.29, 0.717) is 25.7 Å². The van der Waals surface area contributed by atoms with Crippen LogP contribution >= 0.6 is 0 Å².